The minimum absolute atomic E-state index is 0.0465. The molecule has 0 N–H and O–H groups in total. The molecule has 0 radical (unpaired) electrons. The highest BCUT2D eigenvalue weighted by Crippen LogP contribution is 2.18. The van der Waals surface area contributed by atoms with Gasteiger partial charge in [-0.1, -0.05) is 6.07 Å². The Morgan fingerprint density at radius 1 is 1.22 bits per heavy atom. The van der Waals surface area contributed by atoms with Crippen LogP contribution in [0.5, 0.6) is 0 Å². The van der Waals surface area contributed by atoms with Crippen LogP contribution in [0.1, 0.15) is 35.7 Å². The van der Waals surface area contributed by atoms with Gasteiger partial charge in [0, 0.05) is 17.9 Å². The van der Waals surface area contributed by atoms with Gasteiger partial charge in [-0.05, 0) is 51.1 Å². The molecule has 5 nitrogen and oxygen atoms in total. The van der Waals surface area contributed by atoms with Crippen LogP contribution in [0.4, 0.5) is 0 Å². The second-order valence-electron chi connectivity index (χ2n) is 5.84. The third-order valence-corrected chi connectivity index (χ3v) is 4.63. The van der Waals surface area contributed by atoms with E-state index in [2.05, 4.69) is 0 Å². The van der Waals surface area contributed by atoms with E-state index >= 15 is 0 Å². The van der Waals surface area contributed by atoms with Gasteiger partial charge in [0.05, 0.1) is 11.4 Å². The number of benzene rings is 1. The summed E-state index contributed by atoms with van der Waals surface area (Å²) in [6.45, 7) is 6.01. The Labute approximate surface area is 136 Å². The molecule has 1 aromatic carbocycles. The molecule has 0 unspecified atom stereocenters. The van der Waals surface area contributed by atoms with Crippen molar-refractivity contribution in [2.45, 2.75) is 38.3 Å². The molecule has 0 aliphatic rings. The molecule has 0 aliphatic heterocycles. The monoisotopic (exact) mass is 335 g/mol. The van der Waals surface area contributed by atoms with E-state index in [4.69, 9.17) is 4.42 Å². The van der Waals surface area contributed by atoms with Gasteiger partial charge in [-0.25, -0.2) is 8.42 Å². The maximum Gasteiger partial charge on any atom is 0.254 e. The lowest BCUT2D eigenvalue weighted by molar-refractivity contribution is 0.0675. The van der Waals surface area contributed by atoms with E-state index in [-0.39, 0.29) is 16.8 Å². The topological polar surface area (TPSA) is 67.6 Å². The molecule has 124 valence electrons. The van der Waals surface area contributed by atoms with Crippen LogP contribution < -0.4 is 0 Å². The second-order valence-corrected chi connectivity index (χ2v) is 7.85. The summed E-state index contributed by atoms with van der Waals surface area (Å²) in [6, 6.07) is 9.75. The molecule has 2 rings (SSSR count). The summed E-state index contributed by atoms with van der Waals surface area (Å²) in [6.07, 6.45) is 1.13. The summed E-state index contributed by atoms with van der Waals surface area (Å²) in [5, 5.41) is 0. The van der Waals surface area contributed by atoms with Crippen LogP contribution in [0.3, 0.4) is 0 Å². The SMILES string of the molecule is Cc1ccc(CN(C(=O)c2cccc(S(C)(=O)=O)c2)C(C)C)o1. The first kappa shape index (κ1) is 17.3. The van der Waals surface area contributed by atoms with E-state index in [1.165, 1.54) is 12.1 Å². The first-order valence-electron chi connectivity index (χ1n) is 7.35. The Balaban J connectivity index is 2.31. The van der Waals surface area contributed by atoms with Crippen LogP contribution in [-0.2, 0) is 16.4 Å². The van der Waals surface area contributed by atoms with Crippen molar-refractivity contribution in [1.82, 2.24) is 4.90 Å². The van der Waals surface area contributed by atoms with Gasteiger partial charge in [0.25, 0.3) is 5.91 Å². The van der Waals surface area contributed by atoms with Crippen molar-refractivity contribution in [3.63, 3.8) is 0 Å². The second kappa shape index (κ2) is 6.58. The lowest BCUT2D eigenvalue weighted by Crippen LogP contribution is -2.36. The van der Waals surface area contributed by atoms with Gasteiger partial charge in [0.15, 0.2) is 9.84 Å². The summed E-state index contributed by atoms with van der Waals surface area (Å²) in [7, 11) is -3.35. The normalized spacial score (nSPS) is 11.7. The van der Waals surface area contributed by atoms with Crippen molar-refractivity contribution in [3.8, 4) is 0 Å². The molecule has 1 heterocycles. The number of furan rings is 1. The molecule has 0 bridgehead atoms. The summed E-state index contributed by atoms with van der Waals surface area (Å²) in [4.78, 5) is 14.6. The van der Waals surface area contributed by atoms with Crippen LogP contribution >= 0.6 is 0 Å². The van der Waals surface area contributed by atoms with Crippen LogP contribution in [-0.4, -0.2) is 31.5 Å². The first-order valence-corrected chi connectivity index (χ1v) is 9.24. The van der Waals surface area contributed by atoms with Crippen molar-refractivity contribution in [1.29, 1.82) is 0 Å². The standard InChI is InChI=1S/C17H21NO4S/c1-12(2)18(11-15-9-8-13(3)22-15)17(19)14-6-5-7-16(10-14)23(4,20)21/h5-10,12H,11H2,1-4H3. The van der Waals surface area contributed by atoms with Gasteiger partial charge in [0.2, 0.25) is 0 Å². The third kappa shape index (κ3) is 4.22. The summed E-state index contributed by atoms with van der Waals surface area (Å²) in [5.74, 6) is 1.26. The highest BCUT2D eigenvalue weighted by Gasteiger charge is 2.21. The van der Waals surface area contributed by atoms with E-state index in [1.807, 2.05) is 32.9 Å². The van der Waals surface area contributed by atoms with Crippen molar-refractivity contribution >= 4 is 15.7 Å². The summed E-state index contributed by atoms with van der Waals surface area (Å²) >= 11 is 0. The lowest BCUT2D eigenvalue weighted by atomic mass is 10.1. The van der Waals surface area contributed by atoms with Gasteiger partial charge in [-0.3, -0.25) is 4.79 Å². The highest BCUT2D eigenvalue weighted by atomic mass is 32.2. The predicted molar refractivity (Wildman–Crippen MR) is 88.0 cm³/mol. The fraction of sp³-hybridized carbons (Fsp3) is 0.353. The van der Waals surface area contributed by atoms with E-state index in [9.17, 15) is 13.2 Å². The molecule has 0 spiro atoms. The Bertz CT molecular complexity index is 806. The average molecular weight is 335 g/mol. The quantitative estimate of drug-likeness (QED) is 0.842. The number of carbonyl (C=O) groups excluding carboxylic acids is 1. The maximum atomic E-state index is 12.8. The van der Waals surface area contributed by atoms with Crippen molar-refractivity contribution in [2.24, 2.45) is 0 Å². The van der Waals surface area contributed by atoms with Crippen LogP contribution in [0.2, 0.25) is 0 Å². The minimum atomic E-state index is -3.35. The van der Waals surface area contributed by atoms with Gasteiger partial charge in [-0.2, -0.15) is 0 Å². The molecule has 0 saturated heterocycles. The highest BCUT2D eigenvalue weighted by molar-refractivity contribution is 7.90. The van der Waals surface area contributed by atoms with Crippen molar-refractivity contribution < 1.29 is 17.6 Å². The van der Waals surface area contributed by atoms with Crippen molar-refractivity contribution in [2.75, 3.05) is 6.26 Å². The molecule has 1 aromatic heterocycles. The van der Waals surface area contributed by atoms with E-state index in [0.29, 0.717) is 17.9 Å². The lowest BCUT2D eigenvalue weighted by Gasteiger charge is -2.26. The number of aryl methyl sites for hydroxylation is 1. The molecule has 0 aliphatic carbocycles. The number of hydrogen-bond acceptors (Lipinski definition) is 4. The average Bonchev–Trinajstić information content (AvgIpc) is 2.88. The molecular weight excluding hydrogens is 314 g/mol. The zero-order valence-corrected chi connectivity index (χ0v) is 14.6. The molecule has 6 heteroatoms. The first-order chi connectivity index (χ1) is 10.7. The molecule has 0 atom stereocenters. The number of nitrogens with zero attached hydrogens (tertiary/aromatic N) is 1. The van der Waals surface area contributed by atoms with Crippen LogP contribution in [0, 0.1) is 6.92 Å². The Hall–Kier alpha value is -2.08. The Kier molecular flexibility index (Phi) is 4.94. The number of rotatable bonds is 5. The van der Waals surface area contributed by atoms with Gasteiger partial charge in [-0.15, -0.1) is 0 Å². The fourth-order valence-electron chi connectivity index (χ4n) is 2.25. The summed E-state index contributed by atoms with van der Waals surface area (Å²) < 4.78 is 28.9. The zero-order chi connectivity index (χ0) is 17.2. The number of sulfone groups is 1. The molecule has 2 aromatic rings. The van der Waals surface area contributed by atoms with Gasteiger partial charge < -0.3 is 9.32 Å². The van der Waals surface area contributed by atoms with Gasteiger partial charge >= 0.3 is 0 Å². The van der Waals surface area contributed by atoms with Gasteiger partial charge in [0.1, 0.15) is 11.5 Å². The predicted octanol–water partition coefficient (Wildman–Crippen LogP) is 3.04. The molecular formula is C17H21NO4S. The van der Waals surface area contributed by atoms with E-state index in [1.54, 1.807) is 17.0 Å². The molecule has 23 heavy (non-hydrogen) atoms. The Morgan fingerprint density at radius 2 is 1.91 bits per heavy atom. The molecule has 0 saturated carbocycles. The fourth-order valence-corrected chi connectivity index (χ4v) is 2.92. The van der Waals surface area contributed by atoms with E-state index < -0.39 is 9.84 Å². The largest absolute Gasteiger partial charge is 0.464 e. The third-order valence-electron chi connectivity index (χ3n) is 3.52. The Morgan fingerprint density at radius 3 is 2.43 bits per heavy atom. The number of carbonyl (C=O) groups is 1. The zero-order valence-electron chi connectivity index (χ0n) is 13.7. The van der Waals surface area contributed by atoms with Crippen LogP contribution in [0.15, 0.2) is 45.7 Å². The maximum absolute atomic E-state index is 12.8. The van der Waals surface area contributed by atoms with Crippen LogP contribution in [0.25, 0.3) is 0 Å². The minimum Gasteiger partial charge on any atom is -0.464 e. The number of amides is 1. The molecule has 0 fully saturated rings. The molecule has 1 amide bonds. The number of hydrogen-bond donors (Lipinski definition) is 0. The summed E-state index contributed by atoms with van der Waals surface area (Å²) in [5.41, 5.74) is 0.352. The smallest absolute Gasteiger partial charge is 0.254 e. The van der Waals surface area contributed by atoms with Crippen molar-refractivity contribution in [3.05, 3.63) is 53.5 Å². The van der Waals surface area contributed by atoms with E-state index in [0.717, 1.165) is 12.0 Å².